The number of ether oxygens (including phenoxy) is 2. The van der Waals surface area contributed by atoms with Crippen LogP contribution in [0.4, 0.5) is 5.95 Å². The summed E-state index contributed by atoms with van der Waals surface area (Å²) in [5, 5.41) is 0. The molecule has 0 fully saturated rings. The van der Waals surface area contributed by atoms with E-state index in [2.05, 4.69) is 0 Å². The molecule has 1 amide bonds. The van der Waals surface area contributed by atoms with Crippen molar-refractivity contribution in [3.8, 4) is 0 Å². The Hall–Kier alpha value is -3.19. The predicted octanol–water partition coefficient (Wildman–Crippen LogP) is 3.19. The van der Waals surface area contributed by atoms with E-state index in [1.54, 1.807) is 18.9 Å². The van der Waals surface area contributed by atoms with Gasteiger partial charge in [0, 0.05) is 20.3 Å². The van der Waals surface area contributed by atoms with Gasteiger partial charge in [0.2, 0.25) is 11.9 Å². The first-order valence-corrected chi connectivity index (χ1v) is 10.2. The van der Waals surface area contributed by atoms with E-state index in [1.807, 2.05) is 59.2 Å². The number of carbonyl (C=O) groups is 2. The SMILES string of the molecule is CCOC(=O)[C@@H]1C(=O)N(CCCOC)c2nc3ccccc3n2[C@@H]1c1ccccc1. The molecule has 156 valence electrons. The highest BCUT2D eigenvalue weighted by Crippen LogP contribution is 2.41. The number of methoxy groups -OCH3 is 1. The molecule has 0 aliphatic carbocycles. The first kappa shape index (κ1) is 20.1. The number of aromatic nitrogens is 2. The van der Waals surface area contributed by atoms with Crippen LogP contribution in [0.5, 0.6) is 0 Å². The summed E-state index contributed by atoms with van der Waals surface area (Å²) in [5.41, 5.74) is 2.52. The molecule has 0 saturated carbocycles. The molecule has 7 heteroatoms. The molecule has 2 aromatic carbocycles. The van der Waals surface area contributed by atoms with Crippen LogP contribution in [0.15, 0.2) is 54.6 Å². The number of anilines is 1. The molecular formula is C23H25N3O4. The van der Waals surface area contributed by atoms with Gasteiger partial charge >= 0.3 is 5.97 Å². The summed E-state index contributed by atoms with van der Waals surface area (Å²) in [7, 11) is 1.63. The lowest BCUT2D eigenvalue weighted by Gasteiger charge is -2.38. The fraction of sp³-hybridized carbons (Fsp3) is 0.348. The number of para-hydroxylation sites is 2. The molecule has 0 unspecified atom stereocenters. The molecule has 2 heterocycles. The van der Waals surface area contributed by atoms with E-state index in [-0.39, 0.29) is 12.5 Å². The maximum atomic E-state index is 13.6. The quantitative estimate of drug-likeness (QED) is 0.342. The Kier molecular flexibility index (Phi) is 5.81. The van der Waals surface area contributed by atoms with E-state index in [0.29, 0.717) is 25.5 Å². The monoisotopic (exact) mass is 407 g/mol. The number of hydrogen-bond acceptors (Lipinski definition) is 5. The van der Waals surface area contributed by atoms with Gasteiger partial charge < -0.3 is 14.0 Å². The van der Waals surface area contributed by atoms with Crippen molar-refractivity contribution in [1.82, 2.24) is 9.55 Å². The van der Waals surface area contributed by atoms with E-state index in [0.717, 1.165) is 16.6 Å². The zero-order chi connectivity index (χ0) is 21.1. The minimum atomic E-state index is -0.986. The number of amides is 1. The topological polar surface area (TPSA) is 73.7 Å². The third-order valence-electron chi connectivity index (χ3n) is 5.36. The lowest BCUT2D eigenvalue weighted by molar-refractivity contribution is -0.153. The highest BCUT2D eigenvalue weighted by Gasteiger charge is 2.47. The fourth-order valence-corrected chi connectivity index (χ4v) is 4.08. The number of rotatable bonds is 7. The van der Waals surface area contributed by atoms with Crippen LogP contribution in [0.25, 0.3) is 11.0 Å². The lowest BCUT2D eigenvalue weighted by atomic mass is 9.89. The van der Waals surface area contributed by atoms with Crippen molar-refractivity contribution >= 4 is 28.9 Å². The molecular weight excluding hydrogens is 382 g/mol. The first-order valence-electron chi connectivity index (χ1n) is 10.2. The van der Waals surface area contributed by atoms with Crippen LogP contribution in [0.3, 0.4) is 0 Å². The van der Waals surface area contributed by atoms with Crippen LogP contribution in [0.1, 0.15) is 24.9 Å². The lowest BCUT2D eigenvalue weighted by Crippen LogP contribution is -2.50. The molecule has 7 nitrogen and oxygen atoms in total. The Morgan fingerprint density at radius 2 is 1.83 bits per heavy atom. The van der Waals surface area contributed by atoms with Crippen molar-refractivity contribution in [2.45, 2.75) is 19.4 Å². The summed E-state index contributed by atoms with van der Waals surface area (Å²) in [6.45, 7) is 2.88. The first-order chi connectivity index (χ1) is 14.7. The molecule has 0 bridgehead atoms. The minimum absolute atomic E-state index is 0.214. The van der Waals surface area contributed by atoms with Gasteiger partial charge in [0.25, 0.3) is 0 Å². The van der Waals surface area contributed by atoms with E-state index in [9.17, 15) is 9.59 Å². The van der Waals surface area contributed by atoms with Crippen LogP contribution in [-0.2, 0) is 19.1 Å². The molecule has 1 aliphatic heterocycles. The Morgan fingerprint density at radius 1 is 1.10 bits per heavy atom. The Bertz CT molecular complexity index is 1050. The summed E-state index contributed by atoms with van der Waals surface area (Å²) < 4.78 is 12.5. The zero-order valence-corrected chi connectivity index (χ0v) is 17.2. The summed E-state index contributed by atoms with van der Waals surface area (Å²) in [6.07, 6.45) is 0.636. The van der Waals surface area contributed by atoms with Gasteiger partial charge in [-0.1, -0.05) is 42.5 Å². The molecule has 1 aromatic heterocycles. The van der Waals surface area contributed by atoms with Gasteiger partial charge in [-0.25, -0.2) is 4.98 Å². The number of benzene rings is 2. The van der Waals surface area contributed by atoms with Crippen LogP contribution in [-0.4, -0.2) is 48.3 Å². The van der Waals surface area contributed by atoms with Gasteiger partial charge in [-0.2, -0.15) is 0 Å². The molecule has 0 radical (unpaired) electrons. The zero-order valence-electron chi connectivity index (χ0n) is 17.2. The molecule has 0 saturated heterocycles. The second-order valence-electron chi connectivity index (χ2n) is 7.19. The Labute approximate surface area is 175 Å². The largest absolute Gasteiger partial charge is 0.465 e. The molecule has 3 aromatic rings. The summed E-state index contributed by atoms with van der Waals surface area (Å²) in [4.78, 5) is 32.9. The van der Waals surface area contributed by atoms with Crippen molar-refractivity contribution in [3.05, 3.63) is 60.2 Å². The van der Waals surface area contributed by atoms with E-state index in [4.69, 9.17) is 14.5 Å². The van der Waals surface area contributed by atoms with Crippen molar-refractivity contribution in [3.63, 3.8) is 0 Å². The molecule has 4 rings (SSSR count). The van der Waals surface area contributed by atoms with Crippen molar-refractivity contribution in [2.75, 3.05) is 31.8 Å². The highest BCUT2D eigenvalue weighted by atomic mass is 16.5. The second-order valence-corrected chi connectivity index (χ2v) is 7.19. The third kappa shape index (κ3) is 3.45. The molecule has 0 spiro atoms. The molecule has 0 N–H and O–H groups in total. The van der Waals surface area contributed by atoms with Crippen molar-refractivity contribution < 1.29 is 19.1 Å². The smallest absolute Gasteiger partial charge is 0.321 e. The normalized spacial score (nSPS) is 18.5. The fourth-order valence-electron chi connectivity index (χ4n) is 4.08. The maximum Gasteiger partial charge on any atom is 0.321 e. The number of nitrogens with zero attached hydrogens (tertiary/aromatic N) is 3. The number of carbonyl (C=O) groups excluding carboxylic acids is 2. The summed E-state index contributed by atoms with van der Waals surface area (Å²) in [5.74, 6) is -1.25. The number of esters is 1. The summed E-state index contributed by atoms with van der Waals surface area (Å²) in [6, 6.07) is 16.8. The number of fused-ring (bicyclic) bond motifs is 3. The van der Waals surface area contributed by atoms with Gasteiger partial charge in [0.15, 0.2) is 5.92 Å². The molecule has 30 heavy (non-hydrogen) atoms. The van der Waals surface area contributed by atoms with E-state index < -0.39 is 17.9 Å². The molecule has 1 aliphatic rings. The number of hydrogen-bond donors (Lipinski definition) is 0. The average Bonchev–Trinajstić information content (AvgIpc) is 3.14. The van der Waals surface area contributed by atoms with Crippen molar-refractivity contribution in [1.29, 1.82) is 0 Å². The average molecular weight is 407 g/mol. The van der Waals surface area contributed by atoms with E-state index in [1.165, 1.54) is 0 Å². The summed E-state index contributed by atoms with van der Waals surface area (Å²) >= 11 is 0. The predicted molar refractivity (Wildman–Crippen MR) is 113 cm³/mol. The van der Waals surface area contributed by atoms with Gasteiger partial charge in [0.05, 0.1) is 23.7 Å². The van der Waals surface area contributed by atoms with Gasteiger partial charge in [0.1, 0.15) is 0 Å². The van der Waals surface area contributed by atoms with E-state index >= 15 is 0 Å². The Balaban J connectivity index is 1.93. The standard InChI is InChI=1S/C23H25N3O4/c1-3-30-22(28)19-20(16-10-5-4-6-11-16)26-18-13-8-7-12-17(18)24-23(26)25(21(19)27)14-9-15-29-2/h4-8,10-13,19-20H,3,9,14-15H2,1-2H3/t19-,20+/m0/s1. The highest BCUT2D eigenvalue weighted by molar-refractivity contribution is 6.08. The van der Waals surface area contributed by atoms with Gasteiger partial charge in [-0.05, 0) is 31.0 Å². The van der Waals surface area contributed by atoms with Gasteiger partial charge in [-0.3, -0.25) is 14.5 Å². The van der Waals surface area contributed by atoms with Crippen LogP contribution in [0.2, 0.25) is 0 Å². The maximum absolute atomic E-state index is 13.6. The van der Waals surface area contributed by atoms with Crippen LogP contribution in [0, 0.1) is 5.92 Å². The minimum Gasteiger partial charge on any atom is -0.465 e. The van der Waals surface area contributed by atoms with Crippen molar-refractivity contribution in [2.24, 2.45) is 5.92 Å². The number of imidazole rings is 1. The molecule has 2 atom stereocenters. The van der Waals surface area contributed by atoms with Crippen LogP contribution >= 0.6 is 0 Å². The Morgan fingerprint density at radius 3 is 2.57 bits per heavy atom. The van der Waals surface area contributed by atoms with Crippen LogP contribution < -0.4 is 4.90 Å². The van der Waals surface area contributed by atoms with Gasteiger partial charge in [-0.15, -0.1) is 0 Å². The third-order valence-corrected chi connectivity index (χ3v) is 5.36. The second kappa shape index (κ2) is 8.67.